The number of nitrogens with zero attached hydrogens (tertiary/aromatic N) is 2. The molecule has 9 heteroatoms. The number of pyridine rings is 1. The van der Waals surface area contributed by atoms with E-state index in [-0.39, 0.29) is 23.6 Å². The summed E-state index contributed by atoms with van der Waals surface area (Å²) in [5.74, 6) is 1.35. The molecule has 1 saturated heterocycles. The average molecular weight is 505 g/mol. The third kappa shape index (κ3) is 7.36. The highest BCUT2D eigenvalue weighted by molar-refractivity contribution is 5.96. The first kappa shape index (κ1) is 25.8. The highest BCUT2D eigenvalue weighted by atomic mass is 16.6. The second-order valence-corrected chi connectivity index (χ2v) is 9.82. The van der Waals surface area contributed by atoms with Gasteiger partial charge in [0.2, 0.25) is 5.88 Å². The average Bonchev–Trinajstić information content (AvgIpc) is 2.86. The van der Waals surface area contributed by atoms with Crippen LogP contribution in [0, 0.1) is 0 Å². The first-order valence-electron chi connectivity index (χ1n) is 12.2. The zero-order valence-electron chi connectivity index (χ0n) is 21.3. The van der Waals surface area contributed by atoms with Crippen LogP contribution in [-0.2, 0) is 4.74 Å². The molecule has 2 aromatic carbocycles. The molecule has 0 saturated carbocycles. The van der Waals surface area contributed by atoms with E-state index < -0.39 is 11.5 Å². The SMILES string of the molecule is CC(C)(C)OC(=O)N1CCC(Nc2cnc(Oc3ccc(Oc4ccccc4)cc3)c(C(N)=O)c2)CC1. The molecule has 1 aromatic heterocycles. The number of primary amides is 1. The summed E-state index contributed by atoms with van der Waals surface area (Å²) in [7, 11) is 0. The number of hydrogen-bond acceptors (Lipinski definition) is 7. The predicted molar refractivity (Wildman–Crippen MR) is 140 cm³/mol. The van der Waals surface area contributed by atoms with Crippen molar-refractivity contribution < 1.29 is 23.8 Å². The summed E-state index contributed by atoms with van der Waals surface area (Å²) in [4.78, 5) is 30.5. The molecule has 194 valence electrons. The fraction of sp³-hybridized carbons (Fsp3) is 0.321. The Balaban J connectivity index is 1.36. The van der Waals surface area contributed by atoms with Gasteiger partial charge in [-0.05, 0) is 76.1 Å². The number of ether oxygens (including phenoxy) is 3. The molecule has 0 radical (unpaired) electrons. The number of aromatic nitrogens is 1. The monoisotopic (exact) mass is 504 g/mol. The minimum Gasteiger partial charge on any atom is -0.457 e. The Morgan fingerprint density at radius 1 is 0.946 bits per heavy atom. The van der Waals surface area contributed by atoms with Crippen LogP contribution in [0.5, 0.6) is 23.1 Å². The van der Waals surface area contributed by atoms with Crippen LogP contribution in [0.1, 0.15) is 44.0 Å². The van der Waals surface area contributed by atoms with Gasteiger partial charge < -0.3 is 30.2 Å². The first-order chi connectivity index (χ1) is 17.7. The van der Waals surface area contributed by atoms with E-state index in [1.54, 1.807) is 41.4 Å². The largest absolute Gasteiger partial charge is 0.457 e. The van der Waals surface area contributed by atoms with Gasteiger partial charge in [-0.1, -0.05) is 18.2 Å². The number of anilines is 1. The fourth-order valence-electron chi connectivity index (χ4n) is 3.87. The van der Waals surface area contributed by atoms with E-state index in [4.69, 9.17) is 19.9 Å². The highest BCUT2D eigenvalue weighted by Crippen LogP contribution is 2.29. The molecule has 3 N–H and O–H groups in total. The van der Waals surface area contributed by atoms with Gasteiger partial charge in [-0.3, -0.25) is 4.79 Å². The fourth-order valence-corrected chi connectivity index (χ4v) is 3.87. The van der Waals surface area contributed by atoms with Crippen molar-refractivity contribution in [3.63, 3.8) is 0 Å². The van der Waals surface area contributed by atoms with E-state index in [2.05, 4.69) is 10.3 Å². The van der Waals surface area contributed by atoms with Gasteiger partial charge in [-0.15, -0.1) is 0 Å². The molecule has 1 aliphatic heterocycles. The van der Waals surface area contributed by atoms with Crippen LogP contribution in [0.2, 0.25) is 0 Å². The number of carbonyl (C=O) groups is 2. The summed E-state index contributed by atoms with van der Waals surface area (Å²) in [5, 5.41) is 3.38. The molecule has 2 amide bonds. The van der Waals surface area contributed by atoms with E-state index in [1.165, 1.54) is 0 Å². The van der Waals surface area contributed by atoms with Crippen molar-refractivity contribution in [1.29, 1.82) is 0 Å². The van der Waals surface area contributed by atoms with Crippen LogP contribution in [-0.4, -0.2) is 46.6 Å². The van der Waals surface area contributed by atoms with Crippen molar-refractivity contribution in [3.8, 4) is 23.1 Å². The van der Waals surface area contributed by atoms with Gasteiger partial charge in [0.25, 0.3) is 5.91 Å². The molecule has 9 nitrogen and oxygen atoms in total. The molecule has 0 spiro atoms. The smallest absolute Gasteiger partial charge is 0.410 e. The maximum atomic E-state index is 12.3. The van der Waals surface area contributed by atoms with Crippen molar-refractivity contribution in [1.82, 2.24) is 9.88 Å². The molecule has 2 heterocycles. The van der Waals surface area contributed by atoms with Gasteiger partial charge in [0.15, 0.2) is 0 Å². The van der Waals surface area contributed by atoms with Crippen LogP contribution in [0.3, 0.4) is 0 Å². The molecule has 37 heavy (non-hydrogen) atoms. The lowest BCUT2D eigenvalue weighted by Gasteiger charge is -2.34. The van der Waals surface area contributed by atoms with Gasteiger partial charge in [0.05, 0.1) is 11.9 Å². The van der Waals surface area contributed by atoms with Crippen molar-refractivity contribution in [2.75, 3.05) is 18.4 Å². The molecule has 0 atom stereocenters. The Morgan fingerprint density at radius 2 is 1.54 bits per heavy atom. The lowest BCUT2D eigenvalue weighted by atomic mass is 10.0. The summed E-state index contributed by atoms with van der Waals surface area (Å²) in [6.45, 7) is 6.71. The summed E-state index contributed by atoms with van der Waals surface area (Å²) in [5.41, 5.74) is 5.92. The van der Waals surface area contributed by atoms with Gasteiger partial charge in [0.1, 0.15) is 28.4 Å². The Hall–Kier alpha value is -4.27. The van der Waals surface area contributed by atoms with E-state index in [9.17, 15) is 9.59 Å². The van der Waals surface area contributed by atoms with Gasteiger partial charge >= 0.3 is 6.09 Å². The number of nitrogens with two attached hydrogens (primary N) is 1. The number of hydrogen-bond donors (Lipinski definition) is 2. The van der Waals surface area contributed by atoms with Gasteiger partial charge in [-0.2, -0.15) is 0 Å². The Kier molecular flexibility index (Phi) is 7.81. The minimum absolute atomic E-state index is 0.116. The van der Waals surface area contributed by atoms with Crippen molar-refractivity contribution >= 4 is 17.7 Å². The van der Waals surface area contributed by atoms with Gasteiger partial charge in [-0.25, -0.2) is 9.78 Å². The number of amides is 2. The first-order valence-corrected chi connectivity index (χ1v) is 12.2. The molecular weight excluding hydrogens is 472 g/mol. The van der Waals surface area contributed by atoms with E-state index in [0.717, 1.165) is 18.6 Å². The standard InChI is InChI=1S/C28H32N4O5/c1-28(2,3)37-27(34)32-15-13-19(14-16-32)31-20-17-24(25(29)33)26(30-18-20)36-23-11-9-22(10-12-23)35-21-7-5-4-6-8-21/h4-12,17-19,31H,13-16H2,1-3H3,(H2,29,33). The van der Waals surface area contributed by atoms with Crippen molar-refractivity contribution in [2.24, 2.45) is 5.73 Å². The van der Waals surface area contributed by atoms with E-state index in [1.807, 2.05) is 51.1 Å². The van der Waals surface area contributed by atoms with Crippen molar-refractivity contribution in [3.05, 3.63) is 72.4 Å². The summed E-state index contributed by atoms with van der Waals surface area (Å²) in [6.07, 6.45) is 2.78. The van der Waals surface area contributed by atoms with Crippen LogP contribution in [0.15, 0.2) is 66.9 Å². The topological polar surface area (TPSA) is 116 Å². The van der Waals surface area contributed by atoms with Gasteiger partial charge in [0, 0.05) is 19.1 Å². The zero-order chi connectivity index (χ0) is 26.4. The molecular formula is C28H32N4O5. The number of carbonyl (C=O) groups excluding carboxylic acids is 2. The number of rotatable bonds is 7. The number of benzene rings is 2. The van der Waals surface area contributed by atoms with Crippen LogP contribution in [0.4, 0.5) is 10.5 Å². The number of para-hydroxylation sites is 1. The maximum Gasteiger partial charge on any atom is 0.410 e. The highest BCUT2D eigenvalue weighted by Gasteiger charge is 2.27. The molecule has 3 aromatic rings. The Labute approximate surface area is 216 Å². The van der Waals surface area contributed by atoms with E-state index in [0.29, 0.717) is 30.3 Å². The molecule has 0 bridgehead atoms. The molecule has 0 aliphatic carbocycles. The number of nitrogens with one attached hydrogen (secondary N) is 1. The van der Waals surface area contributed by atoms with E-state index >= 15 is 0 Å². The number of piperidine rings is 1. The maximum absolute atomic E-state index is 12.3. The lowest BCUT2D eigenvalue weighted by Crippen LogP contribution is -2.44. The molecule has 4 rings (SSSR count). The third-order valence-corrected chi connectivity index (χ3v) is 5.65. The van der Waals surface area contributed by atoms with Crippen molar-refractivity contribution in [2.45, 2.75) is 45.3 Å². The Bertz CT molecular complexity index is 1220. The second-order valence-electron chi connectivity index (χ2n) is 9.82. The summed E-state index contributed by atoms with van der Waals surface area (Å²) >= 11 is 0. The minimum atomic E-state index is -0.644. The van der Waals surface area contributed by atoms with Crippen LogP contribution < -0.4 is 20.5 Å². The normalized spacial score (nSPS) is 14.1. The second kappa shape index (κ2) is 11.2. The summed E-state index contributed by atoms with van der Waals surface area (Å²) in [6, 6.07) is 18.2. The zero-order valence-corrected chi connectivity index (χ0v) is 21.3. The molecule has 1 fully saturated rings. The predicted octanol–water partition coefficient (Wildman–Crippen LogP) is 5.58. The number of likely N-dealkylation sites (tertiary alicyclic amines) is 1. The van der Waals surface area contributed by atoms with Crippen LogP contribution in [0.25, 0.3) is 0 Å². The lowest BCUT2D eigenvalue weighted by molar-refractivity contribution is 0.0210. The van der Waals surface area contributed by atoms with Crippen LogP contribution >= 0.6 is 0 Å². The Morgan fingerprint density at radius 3 is 2.14 bits per heavy atom. The summed E-state index contributed by atoms with van der Waals surface area (Å²) < 4.78 is 17.1. The third-order valence-electron chi connectivity index (χ3n) is 5.65. The quantitative estimate of drug-likeness (QED) is 0.432. The molecule has 1 aliphatic rings. The molecule has 0 unspecified atom stereocenters.